The summed E-state index contributed by atoms with van der Waals surface area (Å²) >= 11 is 7.35. The van der Waals surface area contributed by atoms with Gasteiger partial charge in [-0.3, -0.25) is 0 Å². The Morgan fingerprint density at radius 3 is 2.44 bits per heavy atom. The molecule has 3 N–H and O–H groups in total. The molecule has 0 spiro atoms. The summed E-state index contributed by atoms with van der Waals surface area (Å²) in [4.78, 5) is 0.406. The highest BCUT2D eigenvalue weighted by molar-refractivity contribution is 14.1. The molecule has 0 aliphatic rings. The number of halogens is 1. The quantitative estimate of drug-likeness (QED) is 0.636. The average Bonchev–Trinajstić information content (AvgIpc) is 2.32. The van der Waals surface area contributed by atoms with Gasteiger partial charge in [-0.2, -0.15) is 0 Å². The number of nitrogens with two attached hydrogens (primary N) is 1. The van der Waals surface area contributed by atoms with Gasteiger partial charge < -0.3 is 11.1 Å². The molecule has 0 aromatic heterocycles. The molecule has 2 nitrogen and oxygen atoms in total. The van der Waals surface area contributed by atoms with E-state index in [0.717, 1.165) is 16.9 Å². The SMILES string of the molecule is Cc1ccc(C(N)=S)c(Nc2ccc(I)cc2)c1. The van der Waals surface area contributed by atoms with Crippen molar-refractivity contribution >= 4 is 51.2 Å². The van der Waals surface area contributed by atoms with Crippen LogP contribution in [0.2, 0.25) is 0 Å². The van der Waals surface area contributed by atoms with Crippen LogP contribution in [0.3, 0.4) is 0 Å². The van der Waals surface area contributed by atoms with Gasteiger partial charge in [-0.15, -0.1) is 0 Å². The van der Waals surface area contributed by atoms with E-state index in [4.69, 9.17) is 18.0 Å². The van der Waals surface area contributed by atoms with Gasteiger partial charge in [-0.1, -0.05) is 18.3 Å². The summed E-state index contributed by atoms with van der Waals surface area (Å²) in [7, 11) is 0. The molecule has 0 saturated heterocycles. The first-order valence-corrected chi connectivity index (χ1v) is 6.98. The summed E-state index contributed by atoms with van der Waals surface area (Å²) in [5.74, 6) is 0. The first kappa shape index (κ1) is 13.3. The predicted molar refractivity (Wildman–Crippen MR) is 89.5 cm³/mol. The van der Waals surface area contributed by atoms with Crippen molar-refractivity contribution in [1.29, 1.82) is 0 Å². The lowest BCUT2D eigenvalue weighted by Crippen LogP contribution is -2.12. The molecule has 92 valence electrons. The van der Waals surface area contributed by atoms with Gasteiger partial charge in [-0.05, 0) is 71.5 Å². The van der Waals surface area contributed by atoms with Crippen LogP contribution in [0, 0.1) is 10.5 Å². The molecule has 0 unspecified atom stereocenters. The summed E-state index contributed by atoms with van der Waals surface area (Å²) in [5, 5.41) is 3.35. The summed E-state index contributed by atoms with van der Waals surface area (Å²) in [6.07, 6.45) is 0. The molecule has 0 fully saturated rings. The third-order valence-corrected chi connectivity index (χ3v) is 3.50. The molecule has 2 aromatic carbocycles. The second-order valence-corrected chi connectivity index (χ2v) is 5.73. The van der Waals surface area contributed by atoms with Gasteiger partial charge in [0.1, 0.15) is 4.99 Å². The van der Waals surface area contributed by atoms with Crippen molar-refractivity contribution < 1.29 is 0 Å². The Bertz CT molecular complexity index is 579. The van der Waals surface area contributed by atoms with E-state index in [0.29, 0.717) is 4.99 Å². The molecule has 0 atom stereocenters. The maximum atomic E-state index is 5.73. The monoisotopic (exact) mass is 368 g/mol. The molecule has 0 bridgehead atoms. The first-order valence-electron chi connectivity index (χ1n) is 5.49. The van der Waals surface area contributed by atoms with E-state index in [1.807, 2.05) is 37.3 Å². The molecule has 0 aliphatic carbocycles. The normalized spacial score (nSPS) is 10.1. The number of rotatable bonds is 3. The number of nitrogens with one attached hydrogen (secondary N) is 1. The summed E-state index contributed by atoms with van der Waals surface area (Å²) in [6, 6.07) is 14.2. The standard InChI is InChI=1S/C14H13IN2S/c1-9-2-7-12(14(16)18)13(8-9)17-11-5-3-10(15)4-6-11/h2-8,17H,1H3,(H2,16,18). The van der Waals surface area contributed by atoms with Crippen molar-refractivity contribution in [3.63, 3.8) is 0 Å². The lowest BCUT2D eigenvalue weighted by Gasteiger charge is -2.12. The minimum absolute atomic E-state index is 0.406. The summed E-state index contributed by atoms with van der Waals surface area (Å²) in [5.41, 5.74) is 9.75. The van der Waals surface area contributed by atoms with Crippen LogP contribution in [-0.2, 0) is 0 Å². The Balaban J connectivity index is 2.35. The zero-order valence-corrected chi connectivity index (χ0v) is 12.9. The van der Waals surface area contributed by atoms with Crippen LogP contribution in [0.5, 0.6) is 0 Å². The van der Waals surface area contributed by atoms with Crippen LogP contribution in [0.25, 0.3) is 0 Å². The predicted octanol–water partition coefficient (Wildman–Crippen LogP) is 3.98. The average molecular weight is 368 g/mol. The van der Waals surface area contributed by atoms with Crippen molar-refractivity contribution in [1.82, 2.24) is 0 Å². The molecule has 2 aromatic rings. The van der Waals surface area contributed by atoms with Crippen molar-refractivity contribution in [3.8, 4) is 0 Å². The van der Waals surface area contributed by atoms with E-state index in [9.17, 15) is 0 Å². The number of aryl methyl sites for hydroxylation is 1. The van der Waals surface area contributed by atoms with Crippen molar-refractivity contribution in [2.45, 2.75) is 6.92 Å². The number of hydrogen-bond donors (Lipinski definition) is 2. The second kappa shape index (κ2) is 5.67. The minimum Gasteiger partial charge on any atom is -0.389 e. The van der Waals surface area contributed by atoms with Crippen LogP contribution in [0.1, 0.15) is 11.1 Å². The fourth-order valence-corrected chi connectivity index (χ4v) is 2.20. The maximum Gasteiger partial charge on any atom is 0.106 e. The van der Waals surface area contributed by atoms with Gasteiger partial charge in [0, 0.05) is 20.5 Å². The van der Waals surface area contributed by atoms with Crippen molar-refractivity contribution in [3.05, 3.63) is 57.2 Å². The molecule has 18 heavy (non-hydrogen) atoms. The Labute approximate surface area is 126 Å². The zero-order valence-electron chi connectivity index (χ0n) is 9.91. The largest absolute Gasteiger partial charge is 0.389 e. The van der Waals surface area contributed by atoms with Gasteiger partial charge in [-0.25, -0.2) is 0 Å². The fourth-order valence-electron chi connectivity index (χ4n) is 1.67. The lowest BCUT2D eigenvalue weighted by atomic mass is 10.1. The highest BCUT2D eigenvalue weighted by atomic mass is 127. The highest BCUT2D eigenvalue weighted by Gasteiger charge is 2.05. The molecule has 0 amide bonds. The molecule has 0 aliphatic heterocycles. The molecule has 0 radical (unpaired) electrons. The van der Waals surface area contributed by atoms with E-state index < -0.39 is 0 Å². The van der Waals surface area contributed by atoms with E-state index in [-0.39, 0.29) is 0 Å². The molecule has 2 rings (SSSR count). The number of hydrogen-bond acceptors (Lipinski definition) is 2. The third kappa shape index (κ3) is 3.20. The number of anilines is 2. The Morgan fingerprint density at radius 1 is 1.17 bits per heavy atom. The lowest BCUT2D eigenvalue weighted by molar-refractivity contribution is 1.43. The van der Waals surface area contributed by atoms with Gasteiger partial charge in [0.2, 0.25) is 0 Å². The Kier molecular flexibility index (Phi) is 4.19. The minimum atomic E-state index is 0.406. The van der Waals surface area contributed by atoms with Crippen molar-refractivity contribution in [2.75, 3.05) is 5.32 Å². The molecule has 0 saturated carbocycles. The number of thiocarbonyl (C=S) groups is 1. The van der Waals surface area contributed by atoms with Crippen LogP contribution in [0.15, 0.2) is 42.5 Å². The molecular formula is C14H13IN2S. The van der Waals surface area contributed by atoms with E-state index in [1.165, 1.54) is 9.13 Å². The van der Waals surface area contributed by atoms with Crippen LogP contribution < -0.4 is 11.1 Å². The number of benzene rings is 2. The Hall–Kier alpha value is -1.14. The third-order valence-electron chi connectivity index (χ3n) is 2.56. The zero-order chi connectivity index (χ0) is 13.1. The summed E-state index contributed by atoms with van der Waals surface area (Å²) in [6.45, 7) is 2.04. The smallest absolute Gasteiger partial charge is 0.106 e. The van der Waals surface area contributed by atoms with Crippen molar-refractivity contribution in [2.24, 2.45) is 5.73 Å². The van der Waals surface area contributed by atoms with Crippen LogP contribution in [-0.4, -0.2) is 4.99 Å². The second-order valence-electron chi connectivity index (χ2n) is 4.05. The van der Waals surface area contributed by atoms with Gasteiger partial charge >= 0.3 is 0 Å². The molecular weight excluding hydrogens is 355 g/mol. The van der Waals surface area contributed by atoms with E-state index in [2.05, 4.69) is 40.0 Å². The molecule has 4 heteroatoms. The van der Waals surface area contributed by atoms with Gasteiger partial charge in [0.15, 0.2) is 0 Å². The van der Waals surface area contributed by atoms with Crippen LogP contribution >= 0.6 is 34.8 Å². The van der Waals surface area contributed by atoms with Gasteiger partial charge in [0.05, 0.1) is 0 Å². The maximum absolute atomic E-state index is 5.73. The fraction of sp³-hybridized carbons (Fsp3) is 0.0714. The summed E-state index contributed by atoms with van der Waals surface area (Å²) < 4.78 is 1.21. The van der Waals surface area contributed by atoms with E-state index in [1.54, 1.807) is 0 Å². The highest BCUT2D eigenvalue weighted by Crippen LogP contribution is 2.23. The topological polar surface area (TPSA) is 38.0 Å². The van der Waals surface area contributed by atoms with Crippen LogP contribution in [0.4, 0.5) is 11.4 Å². The van der Waals surface area contributed by atoms with E-state index >= 15 is 0 Å². The Morgan fingerprint density at radius 2 is 1.83 bits per heavy atom. The molecule has 0 heterocycles. The van der Waals surface area contributed by atoms with Gasteiger partial charge in [0.25, 0.3) is 0 Å². The first-order chi connectivity index (χ1) is 8.56.